The molecule has 1 aliphatic heterocycles. The first-order chi connectivity index (χ1) is 18.1. The van der Waals surface area contributed by atoms with Crippen LogP contribution in [0.2, 0.25) is 5.02 Å². The Morgan fingerprint density at radius 3 is 2.29 bits per heavy atom. The van der Waals surface area contributed by atoms with Crippen LogP contribution < -0.4 is 15.2 Å². The van der Waals surface area contributed by atoms with Crippen molar-refractivity contribution in [3.63, 3.8) is 0 Å². The van der Waals surface area contributed by atoms with Gasteiger partial charge in [-0.05, 0) is 73.7 Å². The van der Waals surface area contributed by atoms with Crippen LogP contribution in [-0.2, 0) is 16.6 Å². The molecule has 0 unspecified atom stereocenters. The fraction of sp³-hybridized carbons (Fsp3) is 0.296. The van der Waals surface area contributed by atoms with Gasteiger partial charge in [-0.1, -0.05) is 23.7 Å². The molecule has 11 heteroatoms. The molecule has 0 bridgehead atoms. The van der Waals surface area contributed by atoms with Gasteiger partial charge in [0.25, 0.3) is 0 Å². The maximum atomic E-state index is 11.5. The van der Waals surface area contributed by atoms with Gasteiger partial charge in [-0.15, -0.1) is 0 Å². The molecular formula is C27H27ClN6O3S. The van der Waals surface area contributed by atoms with Gasteiger partial charge in [0.05, 0.1) is 22.1 Å². The van der Waals surface area contributed by atoms with E-state index in [4.69, 9.17) is 21.5 Å². The van der Waals surface area contributed by atoms with Gasteiger partial charge in [0.1, 0.15) is 22.7 Å². The molecule has 0 radical (unpaired) electrons. The Hall–Kier alpha value is -3.67. The van der Waals surface area contributed by atoms with E-state index in [1.54, 1.807) is 30.3 Å². The van der Waals surface area contributed by atoms with Gasteiger partial charge in [0.2, 0.25) is 15.9 Å². The van der Waals surface area contributed by atoms with E-state index < -0.39 is 10.0 Å². The number of nitrogens with two attached hydrogens (primary N) is 1. The standard InChI is InChI=1S/C27H27ClN6O3S/c1-17-11-20(14-29)12-18(2)25(17)37-27-24(28)13-21(15-30)26(33-27)32-22-7-9-34(10-8-22)16-19-3-5-23(6-4-19)38(31,35)36/h3-6,11-13,22H,7-10,16H2,1-2H3,(H,32,33)(H2,31,35,36). The van der Waals surface area contributed by atoms with Gasteiger partial charge in [-0.3, -0.25) is 4.90 Å². The first kappa shape index (κ1) is 27.4. The third-order valence-electron chi connectivity index (χ3n) is 6.44. The van der Waals surface area contributed by atoms with Crippen LogP contribution in [0.1, 0.15) is 40.7 Å². The number of halogens is 1. The molecule has 0 amide bonds. The summed E-state index contributed by atoms with van der Waals surface area (Å²) in [5.74, 6) is 1.16. The van der Waals surface area contributed by atoms with Crippen LogP contribution in [-0.4, -0.2) is 37.4 Å². The number of anilines is 1. The van der Waals surface area contributed by atoms with Crippen LogP contribution in [0, 0.1) is 36.5 Å². The Balaban J connectivity index is 1.43. The molecule has 1 saturated heterocycles. The van der Waals surface area contributed by atoms with Crippen LogP contribution in [0.25, 0.3) is 0 Å². The van der Waals surface area contributed by atoms with E-state index in [0.29, 0.717) is 29.2 Å². The number of rotatable bonds is 7. The van der Waals surface area contributed by atoms with E-state index in [-0.39, 0.29) is 21.8 Å². The molecule has 0 spiro atoms. The first-order valence-corrected chi connectivity index (χ1v) is 13.9. The first-order valence-electron chi connectivity index (χ1n) is 12.0. The number of nitrogens with zero attached hydrogens (tertiary/aromatic N) is 4. The van der Waals surface area contributed by atoms with Crippen molar-refractivity contribution in [2.45, 2.75) is 44.2 Å². The number of pyridine rings is 1. The Morgan fingerprint density at radius 1 is 1.11 bits per heavy atom. The molecule has 1 fully saturated rings. The normalized spacial score (nSPS) is 14.5. The fourth-order valence-corrected chi connectivity index (χ4v) is 5.19. The molecule has 2 heterocycles. The quantitative estimate of drug-likeness (QED) is 0.433. The largest absolute Gasteiger partial charge is 0.437 e. The van der Waals surface area contributed by atoms with Crippen molar-refractivity contribution in [1.29, 1.82) is 10.5 Å². The molecule has 3 N–H and O–H groups in total. The molecule has 0 aliphatic carbocycles. The number of primary sulfonamides is 1. The van der Waals surface area contributed by atoms with Gasteiger partial charge in [0.15, 0.2) is 0 Å². The van der Waals surface area contributed by atoms with E-state index in [9.17, 15) is 18.9 Å². The minimum atomic E-state index is -3.71. The number of aromatic nitrogens is 1. The molecule has 1 aromatic heterocycles. The van der Waals surface area contributed by atoms with Gasteiger partial charge < -0.3 is 10.1 Å². The second-order valence-electron chi connectivity index (χ2n) is 9.32. The van der Waals surface area contributed by atoms with Crippen LogP contribution in [0.4, 0.5) is 5.82 Å². The highest BCUT2D eigenvalue weighted by Gasteiger charge is 2.22. The van der Waals surface area contributed by atoms with Gasteiger partial charge in [0, 0.05) is 25.7 Å². The van der Waals surface area contributed by atoms with Crippen LogP contribution in [0.3, 0.4) is 0 Å². The number of sulfonamides is 1. The Morgan fingerprint density at radius 2 is 1.74 bits per heavy atom. The van der Waals surface area contributed by atoms with Gasteiger partial charge in [-0.2, -0.15) is 15.5 Å². The van der Waals surface area contributed by atoms with Crippen molar-refractivity contribution in [2.24, 2.45) is 5.14 Å². The lowest BCUT2D eigenvalue weighted by Gasteiger charge is -2.32. The Bertz CT molecular complexity index is 1510. The summed E-state index contributed by atoms with van der Waals surface area (Å²) in [4.78, 5) is 6.93. The Kier molecular flexibility index (Phi) is 8.20. The highest BCUT2D eigenvalue weighted by molar-refractivity contribution is 7.89. The molecule has 0 atom stereocenters. The lowest BCUT2D eigenvalue weighted by Crippen LogP contribution is -2.39. The van der Waals surface area contributed by atoms with E-state index in [0.717, 1.165) is 42.6 Å². The van der Waals surface area contributed by atoms with Crippen molar-refractivity contribution in [3.05, 3.63) is 75.3 Å². The monoisotopic (exact) mass is 550 g/mol. The molecule has 196 valence electrons. The van der Waals surface area contributed by atoms with Crippen molar-refractivity contribution in [1.82, 2.24) is 9.88 Å². The number of piperidine rings is 1. The van der Waals surface area contributed by atoms with Crippen molar-refractivity contribution in [2.75, 3.05) is 18.4 Å². The van der Waals surface area contributed by atoms with Crippen molar-refractivity contribution in [3.8, 4) is 23.8 Å². The van der Waals surface area contributed by atoms with E-state index >= 15 is 0 Å². The molecule has 0 saturated carbocycles. The fourth-order valence-electron chi connectivity index (χ4n) is 4.48. The minimum absolute atomic E-state index is 0.0979. The molecule has 2 aromatic carbocycles. The molecule has 4 rings (SSSR count). The molecule has 38 heavy (non-hydrogen) atoms. The van der Waals surface area contributed by atoms with E-state index in [1.807, 2.05) is 13.8 Å². The predicted octanol–water partition coefficient (Wildman–Crippen LogP) is 4.61. The maximum Gasteiger partial charge on any atom is 0.240 e. The van der Waals surface area contributed by atoms with E-state index in [1.165, 1.54) is 12.1 Å². The second kappa shape index (κ2) is 11.4. The third kappa shape index (κ3) is 6.42. The summed E-state index contributed by atoms with van der Waals surface area (Å²) in [6.07, 6.45) is 1.66. The van der Waals surface area contributed by atoms with E-state index in [2.05, 4.69) is 27.3 Å². The highest BCUT2D eigenvalue weighted by atomic mass is 35.5. The zero-order valence-electron chi connectivity index (χ0n) is 21.0. The summed E-state index contributed by atoms with van der Waals surface area (Å²) < 4.78 is 29.0. The number of likely N-dealkylation sites (tertiary alicyclic amines) is 1. The Labute approximate surface area is 227 Å². The smallest absolute Gasteiger partial charge is 0.240 e. The zero-order valence-corrected chi connectivity index (χ0v) is 22.6. The molecule has 1 aliphatic rings. The number of ether oxygens (including phenoxy) is 1. The number of aryl methyl sites for hydroxylation is 2. The lowest BCUT2D eigenvalue weighted by atomic mass is 10.0. The lowest BCUT2D eigenvalue weighted by molar-refractivity contribution is 0.211. The summed E-state index contributed by atoms with van der Waals surface area (Å²) in [6.45, 7) is 6.03. The average Bonchev–Trinajstić information content (AvgIpc) is 2.88. The number of hydrogen-bond acceptors (Lipinski definition) is 8. The highest BCUT2D eigenvalue weighted by Crippen LogP contribution is 2.35. The van der Waals surface area contributed by atoms with Gasteiger partial charge in [-0.25, -0.2) is 13.6 Å². The summed E-state index contributed by atoms with van der Waals surface area (Å²) in [5.41, 5.74) is 3.44. The second-order valence-corrected chi connectivity index (χ2v) is 11.3. The summed E-state index contributed by atoms with van der Waals surface area (Å²) in [5, 5.41) is 27.6. The summed E-state index contributed by atoms with van der Waals surface area (Å²) in [6, 6.07) is 16.0. The summed E-state index contributed by atoms with van der Waals surface area (Å²) in [7, 11) is -3.71. The van der Waals surface area contributed by atoms with Crippen molar-refractivity contribution >= 4 is 27.4 Å². The minimum Gasteiger partial charge on any atom is -0.437 e. The SMILES string of the molecule is Cc1cc(C#N)cc(C)c1Oc1nc(NC2CCN(Cc3ccc(S(N)(=O)=O)cc3)CC2)c(C#N)cc1Cl. The van der Waals surface area contributed by atoms with Gasteiger partial charge >= 0.3 is 0 Å². The average molecular weight is 551 g/mol. The number of nitrogens with one attached hydrogen (secondary N) is 1. The predicted molar refractivity (Wildman–Crippen MR) is 144 cm³/mol. The van der Waals surface area contributed by atoms with Crippen molar-refractivity contribution < 1.29 is 13.2 Å². The molecular weight excluding hydrogens is 524 g/mol. The topological polar surface area (TPSA) is 145 Å². The molecule has 3 aromatic rings. The maximum absolute atomic E-state index is 11.5. The van der Waals surface area contributed by atoms with Crippen LogP contribution in [0.5, 0.6) is 11.6 Å². The zero-order chi connectivity index (χ0) is 27.4. The molecule has 9 nitrogen and oxygen atoms in total. The van der Waals surface area contributed by atoms with Crippen LogP contribution in [0.15, 0.2) is 47.4 Å². The summed E-state index contributed by atoms with van der Waals surface area (Å²) >= 11 is 6.40. The number of nitriles is 2. The third-order valence-corrected chi connectivity index (χ3v) is 7.64. The van der Waals surface area contributed by atoms with Crippen LogP contribution >= 0.6 is 11.6 Å². The number of benzene rings is 2. The number of hydrogen-bond donors (Lipinski definition) is 2.